The van der Waals surface area contributed by atoms with Gasteiger partial charge in [-0.2, -0.15) is 0 Å². The van der Waals surface area contributed by atoms with Gasteiger partial charge < -0.3 is 9.15 Å². The van der Waals surface area contributed by atoms with Gasteiger partial charge in [0.15, 0.2) is 11.4 Å². The van der Waals surface area contributed by atoms with Gasteiger partial charge in [-0.25, -0.2) is 9.78 Å². The van der Waals surface area contributed by atoms with E-state index in [0.29, 0.717) is 22.4 Å². The highest BCUT2D eigenvalue weighted by Crippen LogP contribution is 2.14. The molecule has 1 heterocycles. The number of para-hydroxylation sites is 2. The van der Waals surface area contributed by atoms with Crippen molar-refractivity contribution in [2.45, 2.75) is 6.42 Å². The minimum Gasteiger partial charge on any atom is -0.497 e. The molecule has 0 amide bonds. The second kappa shape index (κ2) is 5.81. The molecular formula is C17H13NO4. The van der Waals surface area contributed by atoms with Crippen LogP contribution in [0.15, 0.2) is 57.7 Å². The highest BCUT2D eigenvalue weighted by Gasteiger charge is 2.13. The molecule has 110 valence electrons. The molecule has 0 aliphatic carbocycles. The molecule has 0 aliphatic rings. The third kappa shape index (κ3) is 2.74. The standard InChI is InChI=1S/C17H13NO4/c1-21-12-8-6-11(7-9-12)15(19)10-14-17(20)22-16-5-3-2-4-13(16)18-14/h2-9H,10H2,1H3. The first kappa shape index (κ1) is 14.0. The lowest BCUT2D eigenvalue weighted by Crippen LogP contribution is -2.15. The van der Waals surface area contributed by atoms with Crippen molar-refractivity contribution in [3.8, 4) is 5.75 Å². The van der Waals surface area contributed by atoms with Gasteiger partial charge in [-0.05, 0) is 36.4 Å². The van der Waals surface area contributed by atoms with Crippen molar-refractivity contribution in [1.29, 1.82) is 0 Å². The van der Waals surface area contributed by atoms with E-state index in [1.165, 1.54) is 0 Å². The van der Waals surface area contributed by atoms with Crippen molar-refractivity contribution in [3.05, 3.63) is 70.2 Å². The molecule has 5 heteroatoms. The molecule has 0 atom stereocenters. The Bertz CT molecular complexity index is 881. The Balaban J connectivity index is 1.90. The highest BCUT2D eigenvalue weighted by molar-refractivity contribution is 5.97. The Labute approximate surface area is 126 Å². The van der Waals surface area contributed by atoms with Crippen LogP contribution in [0.4, 0.5) is 0 Å². The number of hydrogen-bond acceptors (Lipinski definition) is 5. The number of hydrogen-bond donors (Lipinski definition) is 0. The van der Waals surface area contributed by atoms with Crippen LogP contribution in [0.1, 0.15) is 16.1 Å². The number of rotatable bonds is 4. The number of methoxy groups -OCH3 is 1. The maximum Gasteiger partial charge on any atom is 0.358 e. The fourth-order valence-corrected chi connectivity index (χ4v) is 2.13. The maximum atomic E-state index is 12.2. The van der Waals surface area contributed by atoms with Crippen LogP contribution in [0.3, 0.4) is 0 Å². The zero-order valence-corrected chi connectivity index (χ0v) is 11.9. The van der Waals surface area contributed by atoms with Crippen molar-refractivity contribution in [2.75, 3.05) is 7.11 Å². The molecule has 5 nitrogen and oxygen atoms in total. The summed E-state index contributed by atoms with van der Waals surface area (Å²) in [6, 6.07) is 13.7. The minimum atomic E-state index is -0.583. The molecule has 0 aliphatic heterocycles. The summed E-state index contributed by atoms with van der Waals surface area (Å²) in [4.78, 5) is 28.4. The van der Waals surface area contributed by atoms with Gasteiger partial charge >= 0.3 is 5.63 Å². The highest BCUT2D eigenvalue weighted by atomic mass is 16.5. The molecule has 3 aromatic rings. The quantitative estimate of drug-likeness (QED) is 0.692. The second-order valence-corrected chi connectivity index (χ2v) is 4.74. The van der Waals surface area contributed by atoms with E-state index in [1.54, 1.807) is 55.6 Å². The molecule has 22 heavy (non-hydrogen) atoms. The summed E-state index contributed by atoms with van der Waals surface area (Å²) in [5, 5.41) is 0. The number of ketones is 1. The number of nitrogens with zero attached hydrogens (tertiary/aromatic N) is 1. The second-order valence-electron chi connectivity index (χ2n) is 4.74. The normalized spacial score (nSPS) is 10.6. The monoisotopic (exact) mass is 295 g/mol. The van der Waals surface area contributed by atoms with Gasteiger partial charge in [0.05, 0.1) is 13.5 Å². The zero-order valence-electron chi connectivity index (χ0n) is 11.9. The molecule has 3 rings (SSSR count). The van der Waals surface area contributed by atoms with Crippen molar-refractivity contribution >= 4 is 16.9 Å². The summed E-state index contributed by atoms with van der Waals surface area (Å²) in [5.74, 6) is 0.470. The predicted molar refractivity (Wildman–Crippen MR) is 81.3 cm³/mol. The summed E-state index contributed by atoms with van der Waals surface area (Å²) in [6.45, 7) is 0. The molecule has 0 fully saturated rings. The van der Waals surface area contributed by atoms with Gasteiger partial charge in [0.25, 0.3) is 0 Å². The van der Waals surface area contributed by atoms with E-state index >= 15 is 0 Å². The maximum absolute atomic E-state index is 12.2. The third-order valence-corrected chi connectivity index (χ3v) is 3.30. The average molecular weight is 295 g/mol. The van der Waals surface area contributed by atoms with Crippen LogP contribution in [0.5, 0.6) is 5.75 Å². The van der Waals surface area contributed by atoms with Gasteiger partial charge in [0.1, 0.15) is 17.0 Å². The van der Waals surface area contributed by atoms with Crippen LogP contribution in [0.2, 0.25) is 0 Å². The Hall–Kier alpha value is -2.95. The lowest BCUT2D eigenvalue weighted by molar-refractivity contribution is 0.0991. The Morgan fingerprint density at radius 3 is 2.59 bits per heavy atom. The molecule has 1 aromatic heterocycles. The Kier molecular flexibility index (Phi) is 3.70. The van der Waals surface area contributed by atoms with Gasteiger partial charge in [-0.15, -0.1) is 0 Å². The summed E-state index contributed by atoms with van der Waals surface area (Å²) in [6.07, 6.45) is -0.0977. The van der Waals surface area contributed by atoms with Gasteiger partial charge in [-0.1, -0.05) is 12.1 Å². The predicted octanol–water partition coefficient (Wildman–Crippen LogP) is 2.62. The zero-order chi connectivity index (χ0) is 15.5. The molecule has 0 N–H and O–H groups in total. The van der Waals surface area contributed by atoms with E-state index in [0.717, 1.165) is 0 Å². The molecule has 0 saturated carbocycles. The summed E-state index contributed by atoms with van der Waals surface area (Å²) >= 11 is 0. The first-order valence-electron chi connectivity index (χ1n) is 6.73. The molecule has 0 radical (unpaired) electrons. The van der Waals surface area contributed by atoms with Crippen LogP contribution < -0.4 is 10.4 Å². The first-order valence-corrected chi connectivity index (χ1v) is 6.73. The van der Waals surface area contributed by atoms with Crippen molar-refractivity contribution < 1.29 is 13.9 Å². The fourth-order valence-electron chi connectivity index (χ4n) is 2.13. The Morgan fingerprint density at radius 2 is 1.86 bits per heavy atom. The van der Waals surface area contributed by atoms with E-state index in [-0.39, 0.29) is 17.9 Å². The van der Waals surface area contributed by atoms with Gasteiger partial charge in [0, 0.05) is 5.56 Å². The van der Waals surface area contributed by atoms with E-state index in [4.69, 9.17) is 9.15 Å². The van der Waals surface area contributed by atoms with E-state index < -0.39 is 5.63 Å². The van der Waals surface area contributed by atoms with Crippen LogP contribution in [0.25, 0.3) is 11.1 Å². The SMILES string of the molecule is COc1ccc(C(=O)Cc2nc3ccccc3oc2=O)cc1. The smallest absolute Gasteiger partial charge is 0.358 e. The topological polar surface area (TPSA) is 69.4 Å². The molecule has 0 spiro atoms. The average Bonchev–Trinajstić information content (AvgIpc) is 2.55. The molecule has 0 unspecified atom stereocenters. The van der Waals surface area contributed by atoms with Crippen molar-refractivity contribution in [2.24, 2.45) is 0 Å². The third-order valence-electron chi connectivity index (χ3n) is 3.30. The number of benzene rings is 2. The van der Waals surface area contributed by atoms with Crippen LogP contribution in [-0.2, 0) is 6.42 Å². The largest absolute Gasteiger partial charge is 0.497 e. The molecule has 2 aromatic carbocycles. The van der Waals surface area contributed by atoms with Gasteiger partial charge in [-0.3, -0.25) is 4.79 Å². The lowest BCUT2D eigenvalue weighted by Gasteiger charge is -2.03. The molecule has 0 bridgehead atoms. The number of Topliss-reactive ketones (excluding diaryl/α,β-unsaturated/α-hetero) is 1. The number of ether oxygens (including phenoxy) is 1. The van der Waals surface area contributed by atoms with E-state index in [1.807, 2.05) is 0 Å². The van der Waals surface area contributed by atoms with Gasteiger partial charge in [0.2, 0.25) is 0 Å². The number of carbonyl (C=O) groups is 1. The Morgan fingerprint density at radius 1 is 1.14 bits per heavy atom. The minimum absolute atomic E-state index is 0.0977. The van der Waals surface area contributed by atoms with E-state index in [2.05, 4.69) is 4.98 Å². The van der Waals surface area contributed by atoms with Crippen molar-refractivity contribution in [1.82, 2.24) is 4.98 Å². The number of aromatic nitrogens is 1. The van der Waals surface area contributed by atoms with Crippen LogP contribution in [0, 0.1) is 0 Å². The summed E-state index contributed by atoms with van der Waals surface area (Å²) in [7, 11) is 1.56. The fraction of sp³-hybridized carbons (Fsp3) is 0.118. The lowest BCUT2D eigenvalue weighted by atomic mass is 10.1. The van der Waals surface area contributed by atoms with Crippen LogP contribution >= 0.6 is 0 Å². The van der Waals surface area contributed by atoms with E-state index in [9.17, 15) is 9.59 Å². The molecular weight excluding hydrogens is 282 g/mol. The number of carbonyl (C=O) groups excluding carboxylic acids is 1. The summed E-state index contributed by atoms with van der Waals surface area (Å²) < 4.78 is 10.2. The van der Waals surface area contributed by atoms with Crippen LogP contribution in [-0.4, -0.2) is 17.9 Å². The summed E-state index contributed by atoms with van der Waals surface area (Å²) in [5.41, 5.74) is 0.989. The molecule has 0 saturated heterocycles. The van der Waals surface area contributed by atoms with Crippen molar-refractivity contribution in [3.63, 3.8) is 0 Å². The first-order chi connectivity index (χ1) is 10.7. The number of fused-ring (bicyclic) bond motifs is 1.